The van der Waals surface area contributed by atoms with Crippen LogP contribution < -0.4 is 10.2 Å². The van der Waals surface area contributed by atoms with E-state index in [1.165, 1.54) is 17.1 Å². The van der Waals surface area contributed by atoms with E-state index < -0.39 is 0 Å². The van der Waals surface area contributed by atoms with Crippen molar-refractivity contribution in [3.05, 3.63) is 53.1 Å². The molecule has 164 valence electrons. The normalized spacial score (nSPS) is 14.9. The fourth-order valence-corrected chi connectivity index (χ4v) is 4.68. The van der Waals surface area contributed by atoms with Crippen LogP contribution in [-0.2, 0) is 13.0 Å². The first-order valence-corrected chi connectivity index (χ1v) is 11.5. The van der Waals surface area contributed by atoms with Gasteiger partial charge in [-0.2, -0.15) is 9.47 Å². The van der Waals surface area contributed by atoms with Crippen LogP contribution in [0.4, 0.5) is 5.13 Å². The quantitative estimate of drug-likeness (QED) is 0.488. The molecular weight excluding hydrogens is 408 g/mol. The molecule has 1 saturated heterocycles. The summed E-state index contributed by atoms with van der Waals surface area (Å²) >= 11 is 1.50. The lowest BCUT2D eigenvalue weighted by Crippen LogP contribution is -2.52. The molecular formula is C22H30N8S. The Balaban J connectivity index is 1.38. The summed E-state index contributed by atoms with van der Waals surface area (Å²) in [6.07, 6.45) is 0.882. The topological polar surface area (TPSA) is 74.5 Å². The van der Waals surface area contributed by atoms with Gasteiger partial charge in [-0.25, -0.2) is 9.67 Å². The lowest BCUT2D eigenvalue weighted by atomic mass is 10.2. The van der Waals surface area contributed by atoms with Crippen molar-refractivity contribution >= 4 is 22.6 Å². The smallest absolute Gasteiger partial charge is 0.205 e. The Morgan fingerprint density at radius 1 is 1.13 bits per heavy atom. The Kier molecular flexibility index (Phi) is 6.50. The molecule has 2 aromatic heterocycles. The molecule has 1 aromatic carbocycles. The Labute approximate surface area is 187 Å². The van der Waals surface area contributed by atoms with Crippen molar-refractivity contribution in [1.29, 1.82) is 0 Å². The second kappa shape index (κ2) is 9.47. The Morgan fingerprint density at radius 3 is 2.52 bits per heavy atom. The van der Waals surface area contributed by atoms with Crippen LogP contribution >= 0.6 is 11.5 Å². The number of rotatable bonds is 5. The molecule has 4 rings (SSSR count). The molecule has 0 unspecified atom stereocenters. The molecule has 0 saturated carbocycles. The monoisotopic (exact) mass is 438 g/mol. The Morgan fingerprint density at radius 2 is 1.87 bits per heavy atom. The highest BCUT2D eigenvalue weighted by atomic mass is 32.1. The SMILES string of the molecule is CCc1nsc(N2CCN(C(=NC)NCc3c(C)nn(-c4ccccc4)c3C)CC2)n1. The van der Waals surface area contributed by atoms with Gasteiger partial charge in [-0.3, -0.25) is 4.99 Å². The first-order chi connectivity index (χ1) is 15.1. The molecule has 1 N–H and O–H groups in total. The summed E-state index contributed by atoms with van der Waals surface area (Å²) in [6, 6.07) is 10.3. The number of benzene rings is 1. The van der Waals surface area contributed by atoms with Crippen LogP contribution in [-0.4, -0.2) is 63.2 Å². The van der Waals surface area contributed by atoms with Gasteiger partial charge in [0.2, 0.25) is 5.13 Å². The summed E-state index contributed by atoms with van der Waals surface area (Å²) in [5.74, 6) is 1.86. The highest BCUT2D eigenvalue weighted by Crippen LogP contribution is 2.20. The summed E-state index contributed by atoms with van der Waals surface area (Å²) in [5, 5.41) is 9.33. The number of piperazine rings is 1. The van der Waals surface area contributed by atoms with Crippen LogP contribution in [0.3, 0.4) is 0 Å². The van der Waals surface area contributed by atoms with E-state index in [0.29, 0.717) is 6.54 Å². The van der Waals surface area contributed by atoms with Crippen molar-refractivity contribution in [3.63, 3.8) is 0 Å². The van der Waals surface area contributed by atoms with Gasteiger partial charge < -0.3 is 15.1 Å². The van der Waals surface area contributed by atoms with Crippen LogP contribution in [0, 0.1) is 13.8 Å². The number of aryl methyl sites for hydroxylation is 2. The number of hydrogen-bond donors (Lipinski definition) is 1. The second-order valence-electron chi connectivity index (χ2n) is 7.62. The summed E-state index contributed by atoms with van der Waals surface area (Å²) in [6.45, 7) is 10.6. The maximum Gasteiger partial charge on any atom is 0.205 e. The minimum atomic E-state index is 0.702. The molecule has 9 heteroatoms. The zero-order chi connectivity index (χ0) is 21.8. The van der Waals surface area contributed by atoms with Crippen LogP contribution in [0.5, 0.6) is 0 Å². The van der Waals surface area contributed by atoms with Crippen LogP contribution in [0.2, 0.25) is 0 Å². The molecule has 3 aromatic rings. The molecule has 1 fully saturated rings. The summed E-state index contributed by atoms with van der Waals surface area (Å²) in [5.41, 5.74) is 4.49. The van der Waals surface area contributed by atoms with Crippen molar-refractivity contribution in [2.75, 3.05) is 38.1 Å². The van der Waals surface area contributed by atoms with Gasteiger partial charge in [-0.1, -0.05) is 25.1 Å². The molecule has 1 aliphatic heterocycles. The summed E-state index contributed by atoms with van der Waals surface area (Å²) in [4.78, 5) is 13.8. The molecule has 3 heterocycles. The minimum absolute atomic E-state index is 0.702. The number of guanidine groups is 1. The van der Waals surface area contributed by atoms with E-state index in [4.69, 9.17) is 5.10 Å². The number of aromatic nitrogens is 4. The minimum Gasteiger partial charge on any atom is -0.352 e. The molecule has 0 aliphatic carbocycles. The predicted molar refractivity (Wildman–Crippen MR) is 126 cm³/mol. The molecule has 8 nitrogen and oxygen atoms in total. The van der Waals surface area contributed by atoms with Crippen molar-refractivity contribution in [3.8, 4) is 5.69 Å². The van der Waals surface area contributed by atoms with Gasteiger partial charge >= 0.3 is 0 Å². The molecule has 0 radical (unpaired) electrons. The average molecular weight is 439 g/mol. The molecule has 0 atom stereocenters. The summed E-state index contributed by atoms with van der Waals surface area (Å²) in [7, 11) is 1.85. The van der Waals surface area contributed by atoms with Gasteiger partial charge in [0.25, 0.3) is 0 Å². The summed E-state index contributed by atoms with van der Waals surface area (Å²) < 4.78 is 6.43. The number of para-hydroxylation sites is 1. The van der Waals surface area contributed by atoms with Gasteiger partial charge in [0.1, 0.15) is 5.82 Å². The third kappa shape index (κ3) is 4.56. The van der Waals surface area contributed by atoms with Crippen molar-refractivity contribution in [2.24, 2.45) is 4.99 Å². The standard InChI is InChI=1S/C22H30N8S/c1-5-20-25-22(31-27-20)29-13-11-28(12-14-29)21(23-4)24-15-19-16(2)26-30(17(19)3)18-9-7-6-8-10-18/h6-10H,5,11-15H2,1-4H3,(H,23,24). The highest BCUT2D eigenvalue weighted by molar-refractivity contribution is 7.09. The molecule has 0 spiro atoms. The van der Waals surface area contributed by atoms with E-state index in [9.17, 15) is 0 Å². The van der Waals surface area contributed by atoms with Gasteiger partial charge in [-0.05, 0) is 26.0 Å². The average Bonchev–Trinajstić information content (AvgIpc) is 3.40. The van der Waals surface area contributed by atoms with Crippen molar-refractivity contribution in [2.45, 2.75) is 33.7 Å². The number of nitrogens with zero attached hydrogens (tertiary/aromatic N) is 7. The number of aliphatic imine (C=N–C) groups is 1. The second-order valence-corrected chi connectivity index (χ2v) is 8.35. The number of nitrogens with one attached hydrogen (secondary N) is 1. The maximum atomic E-state index is 4.75. The molecule has 0 bridgehead atoms. The third-order valence-corrected chi connectivity index (χ3v) is 6.52. The van der Waals surface area contributed by atoms with E-state index in [1.807, 2.05) is 29.9 Å². The van der Waals surface area contributed by atoms with Gasteiger partial charge in [0.05, 0.1) is 11.4 Å². The van der Waals surface area contributed by atoms with E-state index in [2.05, 4.69) is 62.4 Å². The molecule has 1 aliphatic rings. The van der Waals surface area contributed by atoms with Gasteiger partial charge in [0.15, 0.2) is 5.96 Å². The number of anilines is 1. The highest BCUT2D eigenvalue weighted by Gasteiger charge is 2.22. The third-order valence-electron chi connectivity index (χ3n) is 5.70. The largest absolute Gasteiger partial charge is 0.352 e. The lowest BCUT2D eigenvalue weighted by molar-refractivity contribution is 0.372. The van der Waals surface area contributed by atoms with Crippen LogP contribution in [0.1, 0.15) is 29.7 Å². The lowest BCUT2D eigenvalue weighted by Gasteiger charge is -2.36. The molecule has 0 amide bonds. The van der Waals surface area contributed by atoms with Gasteiger partial charge in [-0.15, -0.1) is 0 Å². The maximum absolute atomic E-state index is 4.75. The Bertz CT molecular complexity index is 1030. The van der Waals surface area contributed by atoms with Crippen LogP contribution in [0.25, 0.3) is 5.69 Å². The van der Waals surface area contributed by atoms with Crippen molar-refractivity contribution < 1.29 is 0 Å². The van der Waals surface area contributed by atoms with Gasteiger partial charge in [0, 0.05) is 69.0 Å². The molecule has 31 heavy (non-hydrogen) atoms. The van der Waals surface area contributed by atoms with E-state index in [0.717, 1.165) is 66.6 Å². The van der Waals surface area contributed by atoms with E-state index in [-0.39, 0.29) is 0 Å². The fraction of sp³-hybridized carbons (Fsp3) is 0.455. The first-order valence-electron chi connectivity index (χ1n) is 10.7. The van der Waals surface area contributed by atoms with Crippen molar-refractivity contribution in [1.82, 2.24) is 29.4 Å². The van der Waals surface area contributed by atoms with E-state index >= 15 is 0 Å². The first kappa shape index (κ1) is 21.3. The fourth-order valence-electron chi connectivity index (χ4n) is 3.88. The zero-order valence-electron chi connectivity index (χ0n) is 18.7. The van der Waals surface area contributed by atoms with Crippen LogP contribution in [0.15, 0.2) is 35.3 Å². The zero-order valence-corrected chi connectivity index (χ0v) is 19.5. The Hall–Kier alpha value is -2.94. The van der Waals surface area contributed by atoms with E-state index in [1.54, 1.807) is 0 Å². The predicted octanol–water partition coefficient (Wildman–Crippen LogP) is 2.80. The number of hydrogen-bond acceptors (Lipinski definition) is 6.